The Kier molecular flexibility index (Phi) is 4.53. The molecule has 0 amide bonds. The molecule has 0 aliphatic carbocycles. The maximum atomic E-state index is 3.50. The van der Waals surface area contributed by atoms with Gasteiger partial charge in [-0.3, -0.25) is 0 Å². The van der Waals surface area contributed by atoms with E-state index in [9.17, 15) is 0 Å². The molecule has 0 bridgehead atoms. The molecule has 0 aliphatic rings. The Labute approximate surface area is 129 Å². The second-order valence-corrected chi connectivity index (χ2v) is 6.79. The van der Waals surface area contributed by atoms with Gasteiger partial charge in [-0.25, -0.2) is 0 Å². The molecule has 1 unspecified atom stereocenters. The van der Waals surface area contributed by atoms with E-state index >= 15 is 0 Å². The van der Waals surface area contributed by atoms with Crippen molar-refractivity contribution in [3.8, 4) is 11.8 Å². The highest BCUT2D eigenvalue weighted by Gasteiger charge is 2.25. The number of benzene rings is 2. The molecule has 0 aliphatic heterocycles. The van der Waals surface area contributed by atoms with Crippen molar-refractivity contribution in [3.63, 3.8) is 0 Å². The SMILES string of the molecule is Cc1ccc(C(C#Cc2ccccc2)C(C)(C)C)c(C)c1. The zero-order valence-electron chi connectivity index (χ0n) is 13.7. The van der Waals surface area contributed by atoms with E-state index in [0.717, 1.165) is 5.56 Å². The van der Waals surface area contributed by atoms with E-state index < -0.39 is 0 Å². The fourth-order valence-corrected chi connectivity index (χ4v) is 2.59. The molecule has 0 fully saturated rings. The first-order valence-electron chi connectivity index (χ1n) is 7.51. The zero-order chi connectivity index (χ0) is 15.5. The largest absolute Gasteiger partial charge is 0.0891 e. The second-order valence-electron chi connectivity index (χ2n) is 6.79. The summed E-state index contributed by atoms with van der Waals surface area (Å²) in [6.45, 7) is 11.1. The van der Waals surface area contributed by atoms with E-state index in [4.69, 9.17) is 0 Å². The summed E-state index contributed by atoms with van der Waals surface area (Å²) in [7, 11) is 0. The maximum absolute atomic E-state index is 3.50. The van der Waals surface area contributed by atoms with E-state index in [1.54, 1.807) is 0 Å². The lowest BCUT2D eigenvalue weighted by Gasteiger charge is -2.28. The van der Waals surface area contributed by atoms with Gasteiger partial charge in [-0.2, -0.15) is 0 Å². The van der Waals surface area contributed by atoms with Crippen LogP contribution in [0.25, 0.3) is 0 Å². The van der Waals surface area contributed by atoms with Crippen molar-refractivity contribution >= 4 is 0 Å². The van der Waals surface area contributed by atoms with E-state index in [1.807, 2.05) is 18.2 Å². The van der Waals surface area contributed by atoms with Crippen LogP contribution < -0.4 is 0 Å². The standard InChI is InChI=1S/C21H24/c1-16-11-13-19(17(2)15-16)20(21(3,4)5)14-12-18-9-7-6-8-10-18/h6-11,13,15,20H,1-5H3. The normalized spacial score (nSPS) is 12.4. The third kappa shape index (κ3) is 3.99. The summed E-state index contributed by atoms with van der Waals surface area (Å²) >= 11 is 0. The van der Waals surface area contributed by atoms with Gasteiger partial charge >= 0.3 is 0 Å². The number of hydrogen-bond donors (Lipinski definition) is 0. The van der Waals surface area contributed by atoms with Crippen molar-refractivity contribution in [3.05, 3.63) is 70.8 Å². The first-order valence-corrected chi connectivity index (χ1v) is 7.51. The first-order chi connectivity index (χ1) is 9.88. The van der Waals surface area contributed by atoms with Gasteiger partial charge in [0.05, 0.1) is 5.92 Å². The van der Waals surface area contributed by atoms with E-state index in [0.29, 0.717) is 0 Å². The van der Waals surface area contributed by atoms with Crippen LogP contribution in [-0.2, 0) is 0 Å². The minimum atomic E-state index is 0.113. The van der Waals surface area contributed by atoms with Crippen molar-refractivity contribution in [1.29, 1.82) is 0 Å². The fourth-order valence-electron chi connectivity index (χ4n) is 2.59. The first kappa shape index (κ1) is 15.4. The van der Waals surface area contributed by atoms with Crippen LogP contribution in [0.3, 0.4) is 0 Å². The summed E-state index contributed by atoms with van der Waals surface area (Å²) in [6, 6.07) is 16.9. The van der Waals surface area contributed by atoms with Crippen LogP contribution in [-0.4, -0.2) is 0 Å². The van der Waals surface area contributed by atoms with Gasteiger partial charge in [0, 0.05) is 5.56 Å². The van der Waals surface area contributed by atoms with Crippen LogP contribution in [0.2, 0.25) is 0 Å². The summed E-state index contributed by atoms with van der Waals surface area (Å²) in [5.41, 5.74) is 5.17. The summed E-state index contributed by atoms with van der Waals surface area (Å²) in [5, 5.41) is 0. The van der Waals surface area contributed by atoms with Crippen molar-refractivity contribution in [2.24, 2.45) is 5.41 Å². The van der Waals surface area contributed by atoms with Gasteiger partial charge in [0.2, 0.25) is 0 Å². The lowest BCUT2D eigenvalue weighted by molar-refractivity contribution is 0.374. The Morgan fingerprint density at radius 1 is 0.905 bits per heavy atom. The fraction of sp³-hybridized carbons (Fsp3) is 0.333. The Morgan fingerprint density at radius 2 is 1.57 bits per heavy atom. The Morgan fingerprint density at radius 3 is 2.14 bits per heavy atom. The van der Waals surface area contributed by atoms with Crippen LogP contribution in [0.15, 0.2) is 48.5 Å². The van der Waals surface area contributed by atoms with Gasteiger partial charge in [0.15, 0.2) is 0 Å². The van der Waals surface area contributed by atoms with Crippen molar-refractivity contribution in [2.75, 3.05) is 0 Å². The quantitative estimate of drug-likeness (QED) is 0.605. The Balaban J connectivity index is 2.43. The minimum absolute atomic E-state index is 0.113. The van der Waals surface area contributed by atoms with Crippen LogP contribution in [0.4, 0.5) is 0 Å². The van der Waals surface area contributed by atoms with E-state index in [1.165, 1.54) is 16.7 Å². The minimum Gasteiger partial charge on any atom is -0.0891 e. The van der Waals surface area contributed by atoms with Crippen LogP contribution in [0, 0.1) is 31.1 Å². The molecule has 0 nitrogen and oxygen atoms in total. The van der Waals surface area contributed by atoms with Gasteiger partial charge in [-0.1, -0.05) is 74.6 Å². The van der Waals surface area contributed by atoms with Crippen LogP contribution in [0.1, 0.15) is 48.9 Å². The molecule has 0 aromatic heterocycles. The average Bonchev–Trinajstić information content (AvgIpc) is 2.41. The molecule has 2 aromatic rings. The second kappa shape index (κ2) is 6.19. The summed E-state index contributed by atoms with van der Waals surface area (Å²) in [6.07, 6.45) is 0. The molecule has 0 heterocycles. The Bertz CT molecular complexity index is 661. The van der Waals surface area contributed by atoms with Crippen molar-refractivity contribution in [2.45, 2.75) is 40.5 Å². The number of rotatable bonds is 1. The molecular formula is C21H24. The predicted octanol–water partition coefficient (Wildman–Crippen LogP) is 5.48. The molecule has 0 spiro atoms. The highest BCUT2D eigenvalue weighted by Crippen LogP contribution is 2.36. The lowest BCUT2D eigenvalue weighted by atomic mass is 9.75. The molecule has 0 heteroatoms. The predicted molar refractivity (Wildman–Crippen MR) is 91.4 cm³/mol. The molecule has 1 atom stereocenters. The third-order valence-electron chi connectivity index (χ3n) is 3.74. The van der Waals surface area contributed by atoms with Gasteiger partial charge in [-0.15, -0.1) is 0 Å². The molecule has 2 aromatic carbocycles. The molecule has 21 heavy (non-hydrogen) atoms. The topological polar surface area (TPSA) is 0 Å². The highest BCUT2D eigenvalue weighted by atomic mass is 14.3. The van der Waals surface area contributed by atoms with Gasteiger partial charge in [-0.05, 0) is 42.5 Å². The Hall–Kier alpha value is -2.00. The molecule has 2 rings (SSSR count). The molecular weight excluding hydrogens is 252 g/mol. The lowest BCUT2D eigenvalue weighted by Crippen LogP contribution is -2.18. The molecule has 0 saturated carbocycles. The molecule has 0 saturated heterocycles. The average molecular weight is 276 g/mol. The summed E-state index contributed by atoms with van der Waals surface area (Å²) < 4.78 is 0. The van der Waals surface area contributed by atoms with E-state index in [2.05, 4.69) is 76.8 Å². The van der Waals surface area contributed by atoms with E-state index in [-0.39, 0.29) is 11.3 Å². The molecule has 0 radical (unpaired) electrons. The zero-order valence-corrected chi connectivity index (χ0v) is 13.7. The van der Waals surface area contributed by atoms with Gasteiger partial charge in [0.1, 0.15) is 0 Å². The highest BCUT2D eigenvalue weighted by molar-refractivity contribution is 5.42. The number of hydrogen-bond acceptors (Lipinski definition) is 0. The molecule has 108 valence electrons. The number of aryl methyl sites for hydroxylation is 2. The molecule has 0 N–H and O–H groups in total. The van der Waals surface area contributed by atoms with Crippen molar-refractivity contribution < 1.29 is 0 Å². The van der Waals surface area contributed by atoms with Gasteiger partial charge < -0.3 is 0 Å². The smallest absolute Gasteiger partial charge is 0.0506 e. The van der Waals surface area contributed by atoms with Crippen molar-refractivity contribution in [1.82, 2.24) is 0 Å². The van der Waals surface area contributed by atoms with Gasteiger partial charge in [0.25, 0.3) is 0 Å². The third-order valence-corrected chi connectivity index (χ3v) is 3.74. The maximum Gasteiger partial charge on any atom is 0.0506 e. The van der Waals surface area contributed by atoms with Crippen LogP contribution >= 0.6 is 0 Å². The summed E-state index contributed by atoms with van der Waals surface area (Å²) in [5.74, 6) is 7.08. The van der Waals surface area contributed by atoms with Crippen LogP contribution in [0.5, 0.6) is 0 Å². The summed E-state index contributed by atoms with van der Waals surface area (Å²) in [4.78, 5) is 0. The monoisotopic (exact) mass is 276 g/mol.